The summed E-state index contributed by atoms with van der Waals surface area (Å²) < 4.78 is 12.4. The molecule has 0 aliphatic carbocycles. The highest BCUT2D eigenvalue weighted by atomic mass is 16.8. The number of H-pyrrole nitrogens is 1. The number of fused-ring (bicyclic) bond motifs is 6. The smallest absolute Gasteiger partial charge is 0.261 e. The van der Waals surface area contributed by atoms with Gasteiger partial charge in [0.15, 0.2) is 12.4 Å². The van der Waals surface area contributed by atoms with Crippen LogP contribution >= 0.6 is 0 Å². The van der Waals surface area contributed by atoms with Gasteiger partial charge in [-0.1, -0.05) is 48.5 Å². The Morgan fingerprint density at radius 2 is 1.89 bits per heavy atom. The number of rotatable bonds is 4. The van der Waals surface area contributed by atoms with Crippen molar-refractivity contribution in [1.82, 2.24) is 19.7 Å². The number of nitrogens with one attached hydrogen (secondary N) is 1. The number of aromatic amines is 1. The lowest BCUT2D eigenvalue weighted by Crippen LogP contribution is -2.29. The van der Waals surface area contributed by atoms with Crippen molar-refractivity contribution in [2.24, 2.45) is 0 Å². The highest BCUT2D eigenvalue weighted by molar-refractivity contribution is 5.91. The molecule has 0 spiro atoms. The van der Waals surface area contributed by atoms with E-state index in [1.807, 2.05) is 48.5 Å². The van der Waals surface area contributed by atoms with Gasteiger partial charge >= 0.3 is 0 Å². The van der Waals surface area contributed by atoms with Gasteiger partial charge < -0.3 is 14.9 Å². The normalized spacial score (nSPS) is 12.6. The third-order valence-electron chi connectivity index (χ3n) is 6.67. The van der Waals surface area contributed by atoms with Crippen LogP contribution in [-0.2, 0) is 19.6 Å². The number of ether oxygens (including phenoxy) is 1. The molecular formula is C27H19N5O4. The van der Waals surface area contributed by atoms with Crippen molar-refractivity contribution in [2.45, 2.75) is 19.6 Å². The summed E-state index contributed by atoms with van der Waals surface area (Å²) in [7, 11) is 0. The van der Waals surface area contributed by atoms with Crippen LogP contribution in [0.15, 0.2) is 82.2 Å². The summed E-state index contributed by atoms with van der Waals surface area (Å²) in [6.07, 6.45) is 0.745. The molecule has 0 saturated carbocycles. The van der Waals surface area contributed by atoms with E-state index in [9.17, 15) is 10.0 Å². The molecule has 1 N–H and O–H groups in total. The molecule has 4 heterocycles. The molecule has 9 heteroatoms. The van der Waals surface area contributed by atoms with Crippen LogP contribution in [-0.4, -0.2) is 19.7 Å². The van der Waals surface area contributed by atoms with Crippen LogP contribution < -0.4 is 15.2 Å². The van der Waals surface area contributed by atoms with Crippen molar-refractivity contribution in [3.05, 3.63) is 99.6 Å². The van der Waals surface area contributed by atoms with Gasteiger partial charge in [0.25, 0.3) is 11.3 Å². The van der Waals surface area contributed by atoms with Crippen LogP contribution in [0.4, 0.5) is 0 Å². The number of aryl methyl sites for hydroxylation is 1. The Morgan fingerprint density at radius 3 is 2.78 bits per heavy atom. The van der Waals surface area contributed by atoms with Crippen LogP contribution in [0.5, 0.6) is 5.75 Å². The van der Waals surface area contributed by atoms with E-state index < -0.39 is 0 Å². The van der Waals surface area contributed by atoms with Crippen molar-refractivity contribution in [3.8, 4) is 28.5 Å². The molecule has 0 amide bonds. The SMILES string of the molecule is O=c1c2cc(OCc3c(-c4ccccc4)no[n+]3[O-])ccc2nc2n1CCc1c-2[nH]c2ccccc12. The maximum atomic E-state index is 13.5. The highest BCUT2D eigenvalue weighted by Gasteiger charge is 2.25. The topological polar surface area (TPSA) is 113 Å². The molecule has 3 aromatic carbocycles. The number of nitrogens with zero attached hydrogens (tertiary/aromatic N) is 4. The molecule has 9 nitrogen and oxygen atoms in total. The number of hydrogen-bond acceptors (Lipinski definition) is 6. The van der Waals surface area contributed by atoms with Gasteiger partial charge in [0.1, 0.15) is 5.75 Å². The van der Waals surface area contributed by atoms with Gasteiger partial charge in [-0.15, -0.1) is 0 Å². The summed E-state index contributed by atoms with van der Waals surface area (Å²) in [5.74, 6) is 1.09. The maximum absolute atomic E-state index is 13.5. The van der Waals surface area contributed by atoms with Gasteiger partial charge in [-0.3, -0.25) is 14.0 Å². The predicted molar refractivity (Wildman–Crippen MR) is 132 cm³/mol. The van der Waals surface area contributed by atoms with Crippen LogP contribution in [0.2, 0.25) is 0 Å². The molecule has 0 radical (unpaired) electrons. The van der Waals surface area contributed by atoms with Crippen molar-refractivity contribution in [2.75, 3.05) is 0 Å². The molecule has 1 aliphatic rings. The number of para-hydroxylation sites is 1. The molecule has 36 heavy (non-hydrogen) atoms. The third kappa shape index (κ3) is 3.09. The molecule has 0 bridgehead atoms. The molecule has 6 aromatic rings. The fraction of sp³-hybridized carbons (Fsp3) is 0.111. The van der Waals surface area contributed by atoms with Gasteiger partial charge in [0.05, 0.1) is 16.6 Å². The Balaban J connectivity index is 1.25. The van der Waals surface area contributed by atoms with Gasteiger partial charge in [-0.25, -0.2) is 4.98 Å². The fourth-order valence-electron chi connectivity index (χ4n) is 4.92. The number of aromatic nitrogens is 5. The Hall–Kier alpha value is -4.92. The van der Waals surface area contributed by atoms with E-state index in [2.05, 4.69) is 16.2 Å². The van der Waals surface area contributed by atoms with E-state index in [0.717, 1.165) is 28.6 Å². The summed E-state index contributed by atoms with van der Waals surface area (Å²) in [4.78, 5) is 22.1. The second-order valence-electron chi connectivity index (χ2n) is 8.73. The highest BCUT2D eigenvalue weighted by Crippen LogP contribution is 2.33. The minimum atomic E-state index is -0.126. The number of benzene rings is 3. The predicted octanol–water partition coefficient (Wildman–Crippen LogP) is 3.97. The first-order valence-electron chi connectivity index (χ1n) is 11.6. The quantitative estimate of drug-likeness (QED) is 0.385. The molecule has 0 fully saturated rings. The molecule has 1 aliphatic heterocycles. The van der Waals surface area contributed by atoms with Gasteiger partial charge in [0.2, 0.25) is 5.69 Å². The van der Waals surface area contributed by atoms with Crippen LogP contribution in [0.3, 0.4) is 0 Å². The second kappa shape index (κ2) is 7.81. The fourth-order valence-corrected chi connectivity index (χ4v) is 4.92. The summed E-state index contributed by atoms with van der Waals surface area (Å²) in [5.41, 5.74) is 4.97. The first kappa shape index (κ1) is 20.5. The number of hydrogen-bond donors (Lipinski definition) is 1. The molecule has 0 unspecified atom stereocenters. The Labute approximate surface area is 203 Å². The molecular weight excluding hydrogens is 458 g/mol. The lowest BCUT2D eigenvalue weighted by molar-refractivity contribution is -0.808. The minimum absolute atomic E-state index is 0.0686. The van der Waals surface area contributed by atoms with E-state index in [1.54, 1.807) is 22.8 Å². The maximum Gasteiger partial charge on any atom is 0.261 e. The lowest BCUT2D eigenvalue weighted by atomic mass is 10.0. The zero-order valence-electron chi connectivity index (χ0n) is 19.0. The van der Waals surface area contributed by atoms with Gasteiger partial charge in [-0.2, -0.15) is 0 Å². The van der Waals surface area contributed by atoms with Crippen molar-refractivity contribution in [1.29, 1.82) is 0 Å². The van der Waals surface area contributed by atoms with Crippen LogP contribution in [0.1, 0.15) is 11.3 Å². The van der Waals surface area contributed by atoms with Crippen molar-refractivity contribution < 1.29 is 14.3 Å². The van der Waals surface area contributed by atoms with Crippen molar-refractivity contribution >= 4 is 21.8 Å². The Morgan fingerprint density at radius 1 is 1.06 bits per heavy atom. The molecule has 0 saturated heterocycles. The Bertz CT molecular complexity index is 1830. The minimum Gasteiger partial charge on any atom is -0.485 e. The second-order valence-corrected chi connectivity index (χ2v) is 8.73. The average molecular weight is 477 g/mol. The third-order valence-corrected chi connectivity index (χ3v) is 6.67. The van der Waals surface area contributed by atoms with Crippen LogP contribution in [0.25, 0.3) is 44.6 Å². The first-order valence-corrected chi connectivity index (χ1v) is 11.6. The zero-order valence-corrected chi connectivity index (χ0v) is 19.0. The summed E-state index contributed by atoms with van der Waals surface area (Å²) >= 11 is 0. The van der Waals surface area contributed by atoms with Gasteiger partial charge in [0, 0.05) is 28.2 Å². The monoisotopic (exact) mass is 477 g/mol. The van der Waals surface area contributed by atoms with E-state index in [1.165, 1.54) is 5.56 Å². The lowest BCUT2D eigenvalue weighted by Gasteiger charge is -2.19. The van der Waals surface area contributed by atoms with E-state index in [-0.39, 0.29) is 17.9 Å². The standard InChI is InChI=1S/C27H19N5O4/c33-27-20-14-17(35-15-23-24(30-36-32(23)34)16-6-2-1-3-7-16)10-11-22(20)29-26-25-19(12-13-31(26)27)18-8-4-5-9-21(18)28-25/h1-11,14,28H,12-13,15H2. The molecule has 176 valence electrons. The zero-order chi connectivity index (χ0) is 24.2. The largest absolute Gasteiger partial charge is 0.485 e. The summed E-state index contributed by atoms with van der Waals surface area (Å²) in [5, 5.41) is 17.7. The summed E-state index contributed by atoms with van der Waals surface area (Å²) in [6, 6.07) is 22.6. The first-order chi connectivity index (χ1) is 17.7. The van der Waals surface area contributed by atoms with Crippen molar-refractivity contribution in [3.63, 3.8) is 0 Å². The molecule has 3 aromatic heterocycles. The van der Waals surface area contributed by atoms with E-state index >= 15 is 0 Å². The van der Waals surface area contributed by atoms with E-state index in [4.69, 9.17) is 14.3 Å². The molecule has 0 atom stereocenters. The van der Waals surface area contributed by atoms with E-state index in [0.29, 0.717) is 39.6 Å². The summed E-state index contributed by atoms with van der Waals surface area (Å²) in [6.45, 7) is 0.481. The van der Waals surface area contributed by atoms with Crippen LogP contribution in [0, 0.1) is 5.21 Å². The average Bonchev–Trinajstić information content (AvgIpc) is 3.48. The van der Waals surface area contributed by atoms with Gasteiger partial charge in [-0.05, 0) is 41.2 Å². The Kier molecular flexibility index (Phi) is 4.44. The molecule has 7 rings (SSSR count).